The molecule has 0 unspecified atom stereocenters. The van der Waals surface area contributed by atoms with Crippen LogP contribution in [0.4, 0.5) is 5.69 Å². The van der Waals surface area contributed by atoms with E-state index < -0.39 is 10.0 Å². The minimum Gasteiger partial charge on any atom is -0.359 e. The lowest BCUT2D eigenvalue weighted by Crippen LogP contribution is -2.13. The number of hydrogen-bond donors (Lipinski definition) is 2. The second-order valence-electron chi connectivity index (χ2n) is 5.57. The molecular formula is C17H18N2O2S. The van der Waals surface area contributed by atoms with Crippen molar-refractivity contribution < 1.29 is 8.42 Å². The summed E-state index contributed by atoms with van der Waals surface area (Å²) in [6, 6.07) is 12.6. The molecule has 0 fully saturated rings. The van der Waals surface area contributed by atoms with Crippen LogP contribution in [-0.4, -0.2) is 13.4 Å². The van der Waals surface area contributed by atoms with E-state index in [9.17, 15) is 8.42 Å². The lowest BCUT2D eigenvalue weighted by atomic mass is 10.1. The number of nitrogens with one attached hydrogen (secondary N) is 2. The molecule has 114 valence electrons. The van der Waals surface area contributed by atoms with Crippen molar-refractivity contribution in [3.8, 4) is 0 Å². The van der Waals surface area contributed by atoms with Crippen molar-refractivity contribution in [3.63, 3.8) is 0 Å². The Kier molecular flexibility index (Phi) is 3.45. The van der Waals surface area contributed by atoms with Gasteiger partial charge in [0.15, 0.2) is 0 Å². The van der Waals surface area contributed by atoms with Gasteiger partial charge in [0.05, 0.1) is 10.6 Å². The monoisotopic (exact) mass is 314 g/mol. The van der Waals surface area contributed by atoms with Gasteiger partial charge in [-0.1, -0.05) is 12.1 Å². The quantitative estimate of drug-likeness (QED) is 0.770. The van der Waals surface area contributed by atoms with Gasteiger partial charge in [-0.3, -0.25) is 4.72 Å². The third-order valence-corrected chi connectivity index (χ3v) is 5.19. The molecule has 0 spiro atoms. The summed E-state index contributed by atoms with van der Waals surface area (Å²) in [6.45, 7) is 5.81. The number of hydrogen-bond acceptors (Lipinski definition) is 2. The molecule has 0 aliphatic heterocycles. The molecule has 0 aliphatic rings. The minimum atomic E-state index is -3.60. The van der Waals surface area contributed by atoms with E-state index >= 15 is 0 Å². The van der Waals surface area contributed by atoms with Gasteiger partial charge in [-0.15, -0.1) is 0 Å². The van der Waals surface area contributed by atoms with Crippen molar-refractivity contribution in [2.45, 2.75) is 25.7 Å². The Morgan fingerprint density at radius 2 is 1.73 bits per heavy atom. The summed E-state index contributed by atoms with van der Waals surface area (Å²) in [5.41, 5.74) is 4.52. The number of benzene rings is 2. The van der Waals surface area contributed by atoms with E-state index in [-0.39, 0.29) is 4.90 Å². The van der Waals surface area contributed by atoms with Crippen molar-refractivity contribution >= 4 is 26.6 Å². The van der Waals surface area contributed by atoms with Crippen molar-refractivity contribution in [1.82, 2.24) is 4.98 Å². The Labute approximate surface area is 130 Å². The molecule has 0 atom stereocenters. The van der Waals surface area contributed by atoms with Gasteiger partial charge in [-0.25, -0.2) is 8.42 Å². The smallest absolute Gasteiger partial charge is 0.261 e. The zero-order valence-electron chi connectivity index (χ0n) is 12.8. The zero-order valence-corrected chi connectivity index (χ0v) is 13.6. The standard InChI is InChI=1S/C17H18N2O2S/c1-11-7-8-14(9-12(11)2)22(20,21)19-17-6-4-5-16-15(17)10-13(3)18-16/h4-10,18-19H,1-3H3. The Balaban J connectivity index is 2.04. The normalized spacial score (nSPS) is 11.8. The van der Waals surface area contributed by atoms with E-state index in [2.05, 4.69) is 9.71 Å². The van der Waals surface area contributed by atoms with E-state index in [1.165, 1.54) is 0 Å². The minimum absolute atomic E-state index is 0.278. The van der Waals surface area contributed by atoms with Crippen LogP contribution in [0.15, 0.2) is 47.4 Å². The predicted molar refractivity (Wildman–Crippen MR) is 89.8 cm³/mol. The highest BCUT2D eigenvalue weighted by Gasteiger charge is 2.16. The number of fused-ring (bicyclic) bond motifs is 1. The second-order valence-corrected chi connectivity index (χ2v) is 7.25. The SMILES string of the molecule is Cc1cc2c(NS(=O)(=O)c3ccc(C)c(C)c3)cccc2[nH]1. The summed E-state index contributed by atoms with van der Waals surface area (Å²) in [5, 5.41) is 0.868. The molecule has 1 heterocycles. The maximum Gasteiger partial charge on any atom is 0.261 e. The summed E-state index contributed by atoms with van der Waals surface area (Å²) in [5.74, 6) is 0. The number of anilines is 1. The highest BCUT2D eigenvalue weighted by atomic mass is 32.2. The number of H-pyrrole nitrogens is 1. The summed E-state index contributed by atoms with van der Waals surface area (Å²) in [7, 11) is -3.60. The molecule has 2 N–H and O–H groups in total. The molecule has 1 aromatic heterocycles. The van der Waals surface area contributed by atoms with Gasteiger partial charge in [-0.2, -0.15) is 0 Å². The van der Waals surface area contributed by atoms with Gasteiger partial charge in [-0.05, 0) is 62.2 Å². The van der Waals surface area contributed by atoms with Gasteiger partial charge >= 0.3 is 0 Å². The fourth-order valence-corrected chi connectivity index (χ4v) is 3.63. The molecule has 0 saturated carbocycles. The highest BCUT2D eigenvalue weighted by molar-refractivity contribution is 7.92. The van der Waals surface area contributed by atoms with Crippen molar-refractivity contribution in [2.75, 3.05) is 4.72 Å². The first-order chi connectivity index (χ1) is 10.4. The maximum atomic E-state index is 12.6. The summed E-state index contributed by atoms with van der Waals surface area (Å²) in [6.07, 6.45) is 0. The van der Waals surface area contributed by atoms with Gasteiger partial charge < -0.3 is 4.98 Å². The number of aryl methyl sites for hydroxylation is 3. The fraction of sp³-hybridized carbons (Fsp3) is 0.176. The predicted octanol–water partition coefficient (Wildman–Crippen LogP) is 3.89. The van der Waals surface area contributed by atoms with E-state index in [0.717, 1.165) is 27.7 Å². The molecule has 22 heavy (non-hydrogen) atoms. The van der Waals surface area contributed by atoms with Crippen molar-refractivity contribution in [2.24, 2.45) is 0 Å². The lowest BCUT2D eigenvalue weighted by Gasteiger charge is -2.10. The number of rotatable bonds is 3. The van der Waals surface area contributed by atoms with E-state index in [1.54, 1.807) is 18.2 Å². The average molecular weight is 314 g/mol. The fourth-order valence-electron chi connectivity index (χ4n) is 2.47. The highest BCUT2D eigenvalue weighted by Crippen LogP contribution is 2.26. The summed E-state index contributed by atoms with van der Waals surface area (Å²) in [4.78, 5) is 3.48. The molecule has 3 rings (SSSR count). The molecular weight excluding hydrogens is 296 g/mol. The second kappa shape index (κ2) is 5.18. The lowest BCUT2D eigenvalue weighted by molar-refractivity contribution is 0.601. The number of aromatic amines is 1. The topological polar surface area (TPSA) is 62.0 Å². The molecule has 0 radical (unpaired) electrons. The van der Waals surface area contributed by atoms with Crippen LogP contribution in [-0.2, 0) is 10.0 Å². The number of sulfonamides is 1. The number of aromatic nitrogens is 1. The molecule has 0 aliphatic carbocycles. The third kappa shape index (κ3) is 2.60. The molecule has 0 saturated heterocycles. The molecule has 2 aromatic carbocycles. The molecule has 0 bridgehead atoms. The first-order valence-electron chi connectivity index (χ1n) is 7.05. The van der Waals surface area contributed by atoms with Gasteiger partial charge in [0.1, 0.15) is 0 Å². The first-order valence-corrected chi connectivity index (χ1v) is 8.53. The van der Waals surface area contributed by atoms with Gasteiger partial charge in [0, 0.05) is 16.6 Å². The van der Waals surface area contributed by atoms with Crippen molar-refractivity contribution in [1.29, 1.82) is 0 Å². The van der Waals surface area contributed by atoms with Crippen LogP contribution >= 0.6 is 0 Å². The Hall–Kier alpha value is -2.27. The van der Waals surface area contributed by atoms with E-state index in [1.807, 2.05) is 45.0 Å². The van der Waals surface area contributed by atoms with Crippen LogP contribution in [0.3, 0.4) is 0 Å². The largest absolute Gasteiger partial charge is 0.359 e. The summed E-state index contributed by atoms with van der Waals surface area (Å²) < 4.78 is 27.9. The van der Waals surface area contributed by atoms with Crippen LogP contribution in [0.2, 0.25) is 0 Å². The van der Waals surface area contributed by atoms with Gasteiger partial charge in [0.25, 0.3) is 10.0 Å². The van der Waals surface area contributed by atoms with Crippen molar-refractivity contribution in [3.05, 3.63) is 59.3 Å². The van der Waals surface area contributed by atoms with Crippen LogP contribution < -0.4 is 4.72 Å². The van der Waals surface area contributed by atoms with Crippen LogP contribution in [0, 0.1) is 20.8 Å². The Morgan fingerprint density at radius 3 is 2.45 bits per heavy atom. The Morgan fingerprint density at radius 1 is 0.955 bits per heavy atom. The summed E-state index contributed by atoms with van der Waals surface area (Å²) >= 11 is 0. The van der Waals surface area contributed by atoms with Crippen LogP contribution in [0.5, 0.6) is 0 Å². The zero-order chi connectivity index (χ0) is 15.9. The van der Waals surface area contributed by atoms with E-state index in [4.69, 9.17) is 0 Å². The molecule has 3 aromatic rings. The van der Waals surface area contributed by atoms with Crippen LogP contribution in [0.25, 0.3) is 10.9 Å². The van der Waals surface area contributed by atoms with Crippen LogP contribution in [0.1, 0.15) is 16.8 Å². The molecule has 4 nitrogen and oxygen atoms in total. The third-order valence-electron chi connectivity index (χ3n) is 3.83. The Bertz CT molecular complexity index is 956. The average Bonchev–Trinajstić information content (AvgIpc) is 2.83. The van der Waals surface area contributed by atoms with Gasteiger partial charge in [0.2, 0.25) is 0 Å². The molecule has 5 heteroatoms. The van der Waals surface area contributed by atoms with E-state index in [0.29, 0.717) is 5.69 Å². The first kappa shape index (κ1) is 14.7. The maximum absolute atomic E-state index is 12.6. The molecule has 0 amide bonds.